The quantitative estimate of drug-likeness (QED) is 0.675. The number of aromatic nitrogens is 1. The summed E-state index contributed by atoms with van der Waals surface area (Å²) in [5.41, 5.74) is 1.77. The predicted molar refractivity (Wildman–Crippen MR) is 79.9 cm³/mol. The standard InChI is InChI=1S/C16H12FNOS/c1-11-2-7-14(19-11)8-9-16-18-15(10-20-16)12-3-5-13(17)6-4-12/h2-10H,1H3. The van der Waals surface area contributed by atoms with Gasteiger partial charge in [0.15, 0.2) is 0 Å². The first-order valence-corrected chi connectivity index (χ1v) is 7.05. The summed E-state index contributed by atoms with van der Waals surface area (Å²) in [7, 11) is 0. The van der Waals surface area contributed by atoms with Crippen LogP contribution in [0.4, 0.5) is 4.39 Å². The topological polar surface area (TPSA) is 26.0 Å². The molecule has 0 fully saturated rings. The van der Waals surface area contributed by atoms with E-state index in [2.05, 4.69) is 4.98 Å². The first-order chi connectivity index (χ1) is 9.70. The highest BCUT2D eigenvalue weighted by Gasteiger charge is 2.03. The second-order valence-electron chi connectivity index (χ2n) is 4.36. The summed E-state index contributed by atoms with van der Waals surface area (Å²) in [5, 5.41) is 2.85. The zero-order chi connectivity index (χ0) is 13.9. The molecule has 0 aliphatic carbocycles. The SMILES string of the molecule is Cc1ccc(C=Cc2nc(-c3ccc(F)cc3)cs2)o1. The van der Waals surface area contributed by atoms with E-state index in [0.717, 1.165) is 27.8 Å². The molecule has 0 bridgehead atoms. The Morgan fingerprint density at radius 2 is 1.90 bits per heavy atom. The van der Waals surface area contributed by atoms with Gasteiger partial charge in [0, 0.05) is 10.9 Å². The van der Waals surface area contributed by atoms with E-state index < -0.39 is 0 Å². The number of benzene rings is 1. The normalized spacial score (nSPS) is 11.3. The molecule has 2 heterocycles. The van der Waals surface area contributed by atoms with E-state index in [4.69, 9.17) is 4.42 Å². The molecular formula is C16H12FNOS. The molecule has 20 heavy (non-hydrogen) atoms. The maximum Gasteiger partial charge on any atom is 0.127 e. The van der Waals surface area contributed by atoms with E-state index in [-0.39, 0.29) is 5.82 Å². The van der Waals surface area contributed by atoms with Gasteiger partial charge in [0.25, 0.3) is 0 Å². The number of rotatable bonds is 3. The molecule has 0 unspecified atom stereocenters. The average Bonchev–Trinajstić information content (AvgIpc) is 3.06. The summed E-state index contributed by atoms with van der Waals surface area (Å²) in [5.74, 6) is 1.45. The van der Waals surface area contributed by atoms with Gasteiger partial charge >= 0.3 is 0 Å². The molecule has 0 amide bonds. The van der Waals surface area contributed by atoms with Crippen LogP contribution in [0.25, 0.3) is 23.4 Å². The van der Waals surface area contributed by atoms with E-state index in [0.29, 0.717) is 0 Å². The minimum Gasteiger partial charge on any atom is -0.462 e. The minimum absolute atomic E-state index is 0.239. The second kappa shape index (κ2) is 5.43. The number of hydrogen-bond donors (Lipinski definition) is 0. The summed E-state index contributed by atoms with van der Waals surface area (Å²) in [6, 6.07) is 10.2. The summed E-state index contributed by atoms with van der Waals surface area (Å²) in [4.78, 5) is 4.50. The highest BCUT2D eigenvalue weighted by Crippen LogP contribution is 2.23. The van der Waals surface area contributed by atoms with E-state index in [1.807, 2.05) is 36.6 Å². The lowest BCUT2D eigenvalue weighted by Crippen LogP contribution is -1.79. The van der Waals surface area contributed by atoms with Crippen molar-refractivity contribution >= 4 is 23.5 Å². The van der Waals surface area contributed by atoms with Crippen molar-refractivity contribution in [1.29, 1.82) is 0 Å². The Hall–Kier alpha value is -2.20. The number of aryl methyl sites for hydroxylation is 1. The number of thiazole rings is 1. The summed E-state index contributed by atoms with van der Waals surface area (Å²) in [6.07, 6.45) is 3.80. The first-order valence-electron chi connectivity index (χ1n) is 6.17. The smallest absolute Gasteiger partial charge is 0.127 e. The number of halogens is 1. The van der Waals surface area contributed by atoms with E-state index in [9.17, 15) is 4.39 Å². The van der Waals surface area contributed by atoms with Gasteiger partial charge in [-0.3, -0.25) is 0 Å². The molecule has 0 N–H and O–H groups in total. The van der Waals surface area contributed by atoms with E-state index >= 15 is 0 Å². The van der Waals surface area contributed by atoms with Crippen LogP contribution >= 0.6 is 11.3 Å². The average molecular weight is 285 g/mol. The zero-order valence-corrected chi connectivity index (χ0v) is 11.7. The van der Waals surface area contributed by atoms with Gasteiger partial charge in [-0.2, -0.15) is 0 Å². The zero-order valence-electron chi connectivity index (χ0n) is 10.8. The van der Waals surface area contributed by atoms with Crippen molar-refractivity contribution in [3.63, 3.8) is 0 Å². The second-order valence-corrected chi connectivity index (χ2v) is 5.25. The highest BCUT2D eigenvalue weighted by atomic mass is 32.1. The molecule has 0 saturated carbocycles. The number of nitrogens with zero attached hydrogens (tertiary/aromatic N) is 1. The maximum absolute atomic E-state index is 12.9. The predicted octanol–water partition coefficient (Wildman–Crippen LogP) is 5.02. The lowest BCUT2D eigenvalue weighted by molar-refractivity contribution is 0.525. The molecule has 4 heteroatoms. The van der Waals surface area contributed by atoms with Crippen molar-refractivity contribution < 1.29 is 8.81 Å². The van der Waals surface area contributed by atoms with Gasteiger partial charge in [0.1, 0.15) is 22.3 Å². The Morgan fingerprint density at radius 1 is 1.10 bits per heavy atom. The molecule has 0 aliphatic heterocycles. The minimum atomic E-state index is -0.239. The molecule has 2 aromatic heterocycles. The van der Waals surface area contributed by atoms with E-state index in [1.165, 1.54) is 12.1 Å². The Labute approximate surface area is 120 Å². The van der Waals surface area contributed by atoms with Crippen molar-refractivity contribution in [2.45, 2.75) is 6.92 Å². The van der Waals surface area contributed by atoms with Crippen molar-refractivity contribution in [3.8, 4) is 11.3 Å². The van der Waals surface area contributed by atoms with Gasteiger partial charge in [-0.1, -0.05) is 0 Å². The largest absolute Gasteiger partial charge is 0.462 e. The molecule has 0 saturated heterocycles. The summed E-state index contributed by atoms with van der Waals surface area (Å²) in [6.45, 7) is 1.91. The van der Waals surface area contributed by atoms with Gasteiger partial charge < -0.3 is 4.42 Å². The highest BCUT2D eigenvalue weighted by molar-refractivity contribution is 7.10. The molecular weight excluding hydrogens is 273 g/mol. The molecule has 3 rings (SSSR count). The lowest BCUT2D eigenvalue weighted by Gasteiger charge is -1.94. The molecule has 3 aromatic rings. The van der Waals surface area contributed by atoms with Crippen LogP contribution in [0, 0.1) is 12.7 Å². The Bertz CT molecular complexity index is 740. The molecule has 0 aliphatic rings. The Morgan fingerprint density at radius 3 is 2.60 bits per heavy atom. The van der Waals surface area contributed by atoms with Crippen molar-refractivity contribution in [1.82, 2.24) is 4.98 Å². The summed E-state index contributed by atoms with van der Waals surface area (Å²) >= 11 is 1.54. The number of furan rings is 1. The van der Waals surface area contributed by atoms with Gasteiger partial charge in [-0.15, -0.1) is 11.3 Å². The molecule has 100 valence electrons. The van der Waals surface area contributed by atoms with Crippen LogP contribution in [-0.4, -0.2) is 4.98 Å². The summed E-state index contributed by atoms with van der Waals surface area (Å²) < 4.78 is 18.3. The van der Waals surface area contributed by atoms with Gasteiger partial charge in [0.2, 0.25) is 0 Å². The monoisotopic (exact) mass is 285 g/mol. The molecule has 1 aromatic carbocycles. The Balaban J connectivity index is 1.80. The maximum atomic E-state index is 12.9. The third-order valence-corrected chi connectivity index (χ3v) is 3.62. The third kappa shape index (κ3) is 2.86. The number of hydrogen-bond acceptors (Lipinski definition) is 3. The van der Waals surface area contributed by atoms with Crippen molar-refractivity contribution in [2.75, 3.05) is 0 Å². The fourth-order valence-electron chi connectivity index (χ4n) is 1.81. The van der Waals surface area contributed by atoms with Crippen LogP contribution in [0.3, 0.4) is 0 Å². The van der Waals surface area contributed by atoms with Crippen molar-refractivity contribution in [2.24, 2.45) is 0 Å². The van der Waals surface area contributed by atoms with Gasteiger partial charge in [0.05, 0.1) is 5.69 Å². The van der Waals surface area contributed by atoms with Gasteiger partial charge in [-0.05, 0) is 55.5 Å². The molecule has 0 radical (unpaired) electrons. The molecule has 0 spiro atoms. The van der Waals surface area contributed by atoms with Gasteiger partial charge in [-0.25, -0.2) is 9.37 Å². The van der Waals surface area contributed by atoms with Crippen LogP contribution in [0.1, 0.15) is 16.5 Å². The third-order valence-electron chi connectivity index (χ3n) is 2.81. The molecule has 2 nitrogen and oxygen atoms in total. The fourth-order valence-corrected chi connectivity index (χ4v) is 2.53. The van der Waals surface area contributed by atoms with Crippen LogP contribution in [0.5, 0.6) is 0 Å². The first kappa shape index (κ1) is 12.8. The van der Waals surface area contributed by atoms with E-state index in [1.54, 1.807) is 23.5 Å². The van der Waals surface area contributed by atoms with Crippen LogP contribution in [-0.2, 0) is 0 Å². The Kier molecular flexibility index (Phi) is 3.48. The molecule has 0 atom stereocenters. The fraction of sp³-hybridized carbons (Fsp3) is 0.0625. The lowest BCUT2D eigenvalue weighted by atomic mass is 10.2. The van der Waals surface area contributed by atoms with Crippen LogP contribution in [0.2, 0.25) is 0 Å². The van der Waals surface area contributed by atoms with Crippen LogP contribution < -0.4 is 0 Å². The van der Waals surface area contributed by atoms with Crippen molar-refractivity contribution in [3.05, 3.63) is 64.1 Å². The van der Waals surface area contributed by atoms with Crippen LogP contribution in [0.15, 0.2) is 46.2 Å².